The molecular weight excluding hydrogens is 206 g/mol. The molecule has 2 rings (SSSR count). The fraction of sp³-hybridized carbons (Fsp3) is 0.364. The first-order valence-corrected chi connectivity index (χ1v) is 5.91. The number of nitrogens with one attached hydrogen (secondary N) is 2. The molecule has 4 heteroatoms. The topological polar surface area (TPSA) is 40.7 Å². The summed E-state index contributed by atoms with van der Waals surface area (Å²) in [4.78, 5) is 1.37. The molecule has 0 radical (unpaired) electrons. The van der Waals surface area contributed by atoms with Gasteiger partial charge in [-0.3, -0.25) is 5.10 Å². The van der Waals surface area contributed by atoms with E-state index in [2.05, 4.69) is 40.0 Å². The highest BCUT2D eigenvalue weighted by molar-refractivity contribution is 7.10. The molecule has 0 aliphatic carbocycles. The van der Waals surface area contributed by atoms with Gasteiger partial charge >= 0.3 is 0 Å². The van der Waals surface area contributed by atoms with Gasteiger partial charge in [-0.1, -0.05) is 6.07 Å². The first-order valence-electron chi connectivity index (χ1n) is 5.03. The van der Waals surface area contributed by atoms with Crippen LogP contribution in [0.15, 0.2) is 23.7 Å². The number of aryl methyl sites for hydroxylation is 1. The molecule has 0 fully saturated rings. The standard InChI is InChI=1S/C11H15N3S/c1-8-10(7-13-14-8)6-12-9(2)11-4-3-5-15-11/h3-5,7,9,12H,6H2,1-2H3,(H,13,14)/t9-/m0/s1. The molecule has 1 atom stereocenters. The molecule has 2 heterocycles. The fourth-order valence-corrected chi connectivity index (χ4v) is 2.21. The van der Waals surface area contributed by atoms with Crippen molar-refractivity contribution >= 4 is 11.3 Å². The predicted octanol–water partition coefficient (Wildman–Crippen LogP) is 2.63. The van der Waals surface area contributed by atoms with E-state index in [0.717, 1.165) is 12.2 Å². The summed E-state index contributed by atoms with van der Waals surface area (Å²) < 4.78 is 0. The monoisotopic (exact) mass is 221 g/mol. The molecule has 2 N–H and O–H groups in total. The molecular formula is C11H15N3S. The third kappa shape index (κ3) is 2.46. The molecule has 0 saturated carbocycles. The van der Waals surface area contributed by atoms with Crippen LogP contribution in [0.2, 0.25) is 0 Å². The van der Waals surface area contributed by atoms with E-state index in [1.165, 1.54) is 10.4 Å². The van der Waals surface area contributed by atoms with Gasteiger partial charge in [-0.25, -0.2) is 0 Å². The van der Waals surface area contributed by atoms with Crippen LogP contribution < -0.4 is 5.32 Å². The summed E-state index contributed by atoms with van der Waals surface area (Å²) in [5.74, 6) is 0. The summed E-state index contributed by atoms with van der Waals surface area (Å²) >= 11 is 1.79. The van der Waals surface area contributed by atoms with Gasteiger partial charge < -0.3 is 5.32 Å². The van der Waals surface area contributed by atoms with Crippen molar-refractivity contribution in [2.24, 2.45) is 0 Å². The van der Waals surface area contributed by atoms with Gasteiger partial charge in [0.05, 0.1) is 6.20 Å². The van der Waals surface area contributed by atoms with Crippen LogP contribution in [-0.2, 0) is 6.54 Å². The molecule has 2 aromatic heterocycles. The van der Waals surface area contributed by atoms with Crippen LogP contribution in [0.1, 0.15) is 29.1 Å². The maximum absolute atomic E-state index is 4.00. The second kappa shape index (κ2) is 4.59. The van der Waals surface area contributed by atoms with E-state index < -0.39 is 0 Å². The summed E-state index contributed by atoms with van der Waals surface area (Å²) in [6, 6.07) is 4.64. The third-order valence-corrected chi connectivity index (χ3v) is 3.56. The van der Waals surface area contributed by atoms with Crippen molar-refractivity contribution in [2.75, 3.05) is 0 Å². The Hall–Kier alpha value is -1.13. The molecule has 15 heavy (non-hydrogen) atoms. The van der Waals surface area contributed by atoms with Gasteiger partial charge in [0.1, 0.15) is 0 Å². The van der Waals surface area contributed by atoms with Gasteiger partial charge in [0.2, 0.25) is 0 Å². The van der Waals surface area contributed by atoms with Gasteiger partial charge in [0.15, 0.2) is 0 Å². The Labute approximate surface area is 93.5 Å². The number of hydrogen-bond acceptors (Lipinski definition) is 3. The normalized spacial score (nSPS) is 12.9. The summed E-state index contributed by atoms with van der Waals surface area (Å²) in [6.45, 7) is 5.09. The van der Waals surface area contributed by atoms with E-state index in [-0.39, 0.29) is 0 Å². The number of H-pyrrole nitrogens is 1. The van der Waals surface area contributed by atoms with E-state index in [0.29, 0.717) is 6.04 Å². The number of rotatable bonds is 4. The van der Waals surface area contributed by atoms with Crippen LogP contribution in [0, 0.1) is 6.92 Å². The van der Waals surface area contributed by atoms with Crippen LogP contribution in [0.5, 0.6) is 0 Å². The number of aromatic nitrogens is 2. The van der Waals surface area contributed by atoms with E-state index in [1.54, 1.807) is 11.3 Å². The van der Waals surface area contributed by atoms with E-state index in [4.69, 9.17) is 0 Å². The Balaban J connectivity index is 1.91. The van der Waals surface area contributed by atoms with Gasteiger partial charge in [0, 0.05) is 28.7 Å². The minimum atomic E-state index is 0.402. The average molecular weight is 221 g/mol. The second-order valence-electron chi connectivity index (χ2n) is 3.64. The van der Waals surface area contributed by atoms with Crippen LogP contribution in [0.3, 0.4) is 0 Å². The highest BCUT2D eigenvalue weighted by Crippen LogP contribution is 2.18. The second-order valence-corrected chi connectivity index (χ2v) is 4.62. The zero-order valence-corrected chi connectivity index (χ0v) is 9.77. The zero-order valence-electron chi connectivity index (χ0n) is 8.95. The van der Waals surface area contributed by atoms with Crippen LogP contribution in [0.4, 0.5) is 0 Å². The highest BCUT2D eigenvalue weighted by atomic mass is 32.1. The molecule has 0 bridgehead atoms. The van der Waals surface area contributed by atoms with E-state index in [9.17, 15) is 0 Å². The SMILES string of the molecule is Cc1[nH]ncc1CN[C@@H](C)c1cccs1. The molecule has 0 spiro atoms. The Morgan fingerprint density at radius 1 is 1.60 bits per heavy atom. The Bertz CT molecular complexity index is 405. The molecule has 0 amide bonds. The smallest absolute Gasteiger partial charge is 0.0535 e. The van der Waals surface area contributed by atoms with Gasteiger partial charge in [-0.15, -0.1) is 11.3 Å². The highest BCUT2D eigenvalue weighted by Gasteiger charge is 2.06. The lowest BCUT2D eigenvalue weighted by molar-refractivity contribution is 0.581. The summed E-state index contributed by atoms with van der Waals surface area (Å²) in [5.41, 5.74) is 2.37. The predicted molar refractivity (Wildman–Crippen MR) is 62.9 cm³/mol. The van der Waals surface area contributed by atoms with Crippen molar-refractivity contribution in [1.29, 1.82) is 0 Å². The molecule has 80 valence electrons. The van der Waals surface area contributed by atoms with E-state index in [1.807, 2.05) is 13.1 Å². The van der Waals surface area contributed by atoms with Crippen LogP contribution >= 0.6 is 11.3 Å². The van der Waals surface area contributed by atoms with Gasteiger partial charge in [-0.05, 0) is 25.3 Å². The quantitative estimate of drug-likeness (QED) is 0.833. The van der Waals surface area contributed by atoms with Crippen molar-refractivity contribution < 1.29 is 0 Å². The minimum absolute atomic E-state index is 0.402. The molecule has 0 saturated heterocycles. The lowest BCUT2D eigenvalue weighted by Gasteiger charge is -2.11. The third-order valence-electron chi connectivity index (χ3n) is 2.50. The zero-order chi connectivity index (χ0) is 10.7. The van der Waals surface area contributed by atoms with Gasteiger partial charge in [-0.2, -0.15) is 5.10 Å². The van der Waals surface area contributed by atoms with Crippen LogP contribution in [0.25, 0.3) is 0 Å². The number of hydrogen-bond donors (Lipinski definition) is 2. The average Bonchev–Trinajstić information content (AvgIpc) is 2.85. The molecule has 2 aromatic rings. The Morgan fingerprint density at radius 3 is 3.07 bits per heavy atom. The van der Waals surface area contributed by atoms with Crippen LogP contribution in [-0.4, -0.2) is 10.2 Å². The first kappa shape index (κ1) is 10.4. The number of nitrogens with zero attached hydrogens (tertiary/aromatic N) is 1. The van der Waals surface area contributed by atoms with E-state index >= 15 is 0 Å². The minimum Gasteiger partial charge on any atom is -0.305 e. The first-order chi connectivity index (χ1) is 7.27. The van der Waals surface area contributed by atoms with Crippen molar-refractivity contribution in [2.45, 2.75) is 26.4 Å². The molecule has 3 nitrogen and oxygen atoms in total. The molecule has 0 unspecified atom stereocenters. The van der Waals surface area contributed by atoms with Crippen molar-refractivity contribution in [3.05, 3.63) is 39.8 Å². The Kier molecular flexibility index (Phi) is 3.18. The molecule has 0 aliphatic heterocycles. The summed E-state index contributed by atoms with van der Waals surface area (Å²) in [5, 5.41) is 12.5. The molecule has 0 aliphatic rings. The van der Waals surface area contributed by atoms with Crippen molar-refractivity contribution in [3.8, 4) is 0 Å². The fourth-order valence-electron chi connectivity index (χ4n) is 1.46. The lowest BCUT2D eigenvalue weighted by atomic mass is 10.2. The Morgan fingerprint density at radius 2 is 2.47 bits per heavy atom. The number of thiophene rings is 1. The maximum Gasteiger partial charge on any atom is 0.0535 e. The van der Waals surface area contributed by atoms with Gasteiger partial charge in [0.25, 0.3) is 0 Å². The summed E-state index contributed by atoms with van der Waals surface area (Å²) in [7, 11) is 0. The van der Waals surface area contributed by atoms with Crippen molar-refractivity contribution in [1.82, 2.24) is 15.5 Å². The number of aromatic amines is 1. The lowest BCUT2D eigenvalue weighted by Crippen LogP contribution is -2.17. The van der Waals surface area contributed by atoms with Crippen molar-refractivity contribution in [3.63, 3.8) is 0 Å². The largest absolute Gasteiger partial charge is 0.305 e. The molecule has 0 aromatic carbocycles. The summed E-state index contributed by atoms with van der Waals surface area (Å²) in [6.07, 6.45) is 1.88. The maximum atomic E-state index is 4.00.